The zero-order chi connectivity index (χ0) is 18.1. The van der Waals surface area contributed by atoms with E-state index in [4.69, 9.17) is 5.41 Å². The van der Waals surface area contributed by atoms with Gasteiger partial charge in [-0.25, -0.2) is 0 Å². The van der Waals surface area contributed by atoms with E-state index in [2.05, 4.69) is 57.4 Å². The summed E-state index contributed by atoms with van der Waals surface area (Å²) in [5.41, 5.74) is 6.96. The van der Waals surface area contributed by atoms with Gasteiger partial charge in [0.05, 0.1) is 0 Å². The Hall–Kier alpha value is -2.67. The summed E-state index contributed by atoms with van der Waals surface area (Å²) in [5.74, 6) is 0. The van der Waals surface area contributed by atoms with Gasteiger partial charge in [-0.05, 0) is 67.7 Å². The van der Waals surface area contributed by atoms with Crippen molar-refractivity contribution in [1.82, 2.24) is 0 Å². The zero-order valence-corrected chi connectivity index (χ0v) is 15.2. The topological polar surface area (TPSA) is 23.9 Å². The maximum atomic E-state index is 7.84. The highest BCUT2D eigenvalue weighted by molar-refractivity contribution is 6.00. The fraction of sp³-hybridized carbons (Fsp3) is 0.174. The fourth-order valence-corrected chi connectivity index (χ4v) is 2.25. The molecule has 0 bridgehead atoms. The smallest absolute Gasteiger partial charge is 0.0352 e. The van der Waals surface area contributed by atoms with Crippen molar-refractivity contribution in [2.24, 2.45) is 0 Å². The fourth-order valence-electron chi connectivity index (χ4n) is 2.25. The van der Waals surface area contributed by atoms with E-state index >= 15 is 0 Å². The maximum Gasteiger partial charge on any atom is 0.0352 e. The van der Waals surface area contributed by atoms with Gasteiger partial charge < -0.3 is 5.41 Å². The van der Waals surface area contributed by atoms with E-state index in [-0.39, 0.29) is 0 Å². The largest absolute Gasteiger partial charge is 0.305 e. The molecule has 1 nitrogen and oxygen atoms in total. The molecule has 0 radical (unpaired) electrons. The molecule has 0 aliphatic carbocycles. The number of rotatable bonds is 7. The first-order valence-electron chi connectivity index (χ1n) is 8.07. The van der Waals surface area contributed by atoms with Gasteiger partial charge in [0, 0.05) is 5.71 Å². The number of hydrogen-bond donors (Lipinski definition) is 1. The second-order valence-corrected chi connectivity index (χ2v) is 5.82. The lowest BCUT2D eigenvalue weighted by atomic mass is 9.96. The Morgan fingerprint density at radius 3 is 2.00 bits per heavy atom. The number of hydrogen-bond acceptors (Lipinski definition) is 1. The van der Waals surface area contributed by atoms with Crippen molar-refractivity contribution in [1.29, 1.82) is 5.41 Å². The molecule has 0 aliphatic heterocycles. The quantitative estimate of drug-likeness (QED) is 0.423. The molecule has 0 fully saturated rings. The van der Waals surface area contributed by atoms with E-state index in [1.165, 1.54) is 5.57 Å². The van der Waals surface area contributed by atoms with Crippen LogP contribution in [0, 0.1) is 5.41 Å². The van der Waals surface area contributed by atoms with Crippen LogP contribution >= 0.6 is 0 Å². The van der Waals surface area contributed by atoms with Crippen molar-refractivity contribution in [3.8, 4) is 0 Å². The summed E-state index contributed by atoms with van der Waals surface area (Å²) in [5, 5.41) is 7.84. The third kappa shape index (κ3) is 5.51. The van der Waals surface area contributed by atoms with Gasteiger partial charge in [0.1, 0.15) is 0 Å². The molecule has 0 amide bonds. The third-order valence-electron chi connectivity index (χ3n) is 3.62. The third-order valence-corrected chi connectivity index (χ3v) is 3.62. The Bertz CT molecular complexity index is 748. The summed E-state index contributed by atoms with van der Waals surface area (Å²) in [6.07, 6.45) is 11.8. The molecule has 1 aromatic rings. The molecule has 1 N–H and O–H groups in total. The van der Waals surface area contributed by atoms with Crippen LogP contribution in [-0.2, 0) is 0 Å². The first kappa shape index (κ1) is 19.4. The van der Waals surface area contributed by atoms with Crippen LogP contribution in [0.15, 0.2) is 85.0 Å². The van der Waals surface area contributed by atoms with Crippen molar-refractivity contribution < 1.29 is 0 Å². The van der Waals surface area contributed by atoms with Crippen LogP contribution in [-0.4, -0.2) is 5.71 Å². The number of allylic oxidation sites excluding steroid dienone is 10. The van der Waals surface area contributed by atoms with Gasteiger partial charge >= 0.3 is 0 Å². The average molecular weight is 317 g/mol. The summed E-state index contributed by atoms with van der Waals surface area (Å²) in [6, 6.07) is 8.31. The summed E-state index contributed by atoms with van der Waals surface area (Å²) in [7, 11) is 0. The Balaban J connectivity index is 3.37. The molecule has 0 saturated heterocycles. The highest BCUT2D eigenvalue weighted by Gasteiger charge is 2.04. The molecule has 1 heteroatoms. The van der Waals surface area contributed by atoms with Crippen molar-refractivity contribution in [3.63, 3.8) is 0 Å². The Kier molecular flexibility index (Phi) is 7.64. The van der Waals surface area contributed by atoms with Crippen LogP contribution in [0.25, 0.3) is 11.1 Å². The Morgan fingerprint density at radius 2 is 1.54 bits per heavy atom. The molecule has 1 aromatic carbocycles. The Labute approximate surface area is 146 Å². The molecule has 0 aromatic heterocycles. The molecule has 24 heavy (non-hydrogen) atoms. The zero-order valence-electron chi connectivity index (χ0n) is 15.2. The summed E-state index contributed by atoms with van der Waals surface area (Å²) < 4.78 is 0. The minimum Gasteiger partial charge on any atom is -0.305 e. The van der Waals surface area contributed by atoms with Crippen LogP contribution in [0.2, 0.25) is 0 Å². The van der Waals surface area contributed by atoms with Gasteiger partial charge in [-0.2, -0.15) is 0 Å². The highest BCUT2D eigenvalue weighted by Crippen LogP contribution is 2.24. The van der Waals surface area contributed by atoms with Crippen LogP contribution < -0.4 is 0 Å². The lowest BCUT2D eigenvalue weighted by Gasteiger charge is -2.08. The number of nitrogens with one attached hydrogen (secondary N) is 1. The first-order valence-corrected chi connectivity index (χ1v) is 8.07. The predicted molar refractivity (Wildman–Crippen MR) is 109 cm³/mol. The maximum absolute atomic E-state index is 7.84. The van der Waals surface area contributed by atoms with Crippen LogP contribution in [0.5, 0.6) is 0 Å². The lowest BCUT2D eigenvalue weighted by Crippen LogP contribution is -1.93. The number of benzene rings is 1. The van der Waals surface area contributed by atoms with Crippen molar-refractivity contribution in [2.45, 2.75) is 27.7 Å². The molecule has 0 saturated carbocycles. The minimum absolute atomic E-state index is 0.545. The first-order chi connectivity index (χ1) is 11.4. The van der Waals surface area contributed by atoms with Crippen LogP contribution in [0.1, 0.15) is 38.8 Å². The average Bonchev–Trinajstić information content (AvgIpc) is 2.56. The van der Waals surface area contributed by atoms with E-state index in [1.807, 2.05) is 37.3 Å². The van der Waals surface area contributed by atoms with Crippen LogP contribution in [0.4, 0.5) is 0 Å². The van der Waals surface area contributed by atoms with E-state index in [9.17, 15) is 0 Å². The van der Waals surface area contributed by atoms with Crippen molar-refractivity contribution in [2.75, 3.05) is 0 Å². The lowest BCUT2D eigenvalue weighted by molar-refractivity contribution is 1.39. The standard InChI is InChI=1S/C23H27N/c1-7-19(14-13-17(4)5)22-11-10-12-23(16-22)21(9-3)15-20(8-2)18(6)24/h7-16,24H,1,3H2,2,4-6H3/b19-14+,20-8+,21-15+,24-18?. The second kappa shape index (κ2) is 9.46. The van der Waals surface area contributed by atoms with Crippen molar-refractivity contribution in [3.05, 3.63) is 96.2 Å². The van der Waals surface area contributed by atoms with Gasteiger partial charge in [0.15, 0.2) is 0 Å². The van der Waals surface area contributed by atoms with E-state index < -0.39 is 0 Å². The second-order valence-electron chi connectivity index (χ2n) is 5.82. The molecule has 1 rings (SSSR count). The van der Waals surface area contributed by atoms with E-state index in [1.54, 1.807) is 6.92 Å². The van der Waals surface area contributed by atoms with Gasteiger partial charge in [-0.1, -0.05) is 67.3 Å². The molecular weight excluding hydrogens is 290 g/mol. The SMILES string of the molecule is C=C/C(=C\C=C(C)C)c1cccc(/C(C=C)=C/C(=C\C)C(C)=N)c1. The monoisotopic (exact) mass is 317 g/mol. The predicted octanol–water partition coefficient (Wildman–Crippen LogP) is 6.78. The molecule has 0 aliphatic rings. The normalized spacial score (nSPS) is 12.6. The molecular formula is C23H27N. The Morgan fingerprint density at radius 1 is 0.958 bits per heavy atom. The van der Waals surface area contributed by atoms with Crippen molar-refractivity contribution >= 4 is 16.9 Å². The molecule has 0 atom stereocenters. The van der Waals surface area contributed by atoms with Gasteiger partial charge in [-0.15, -0.1) is 0 Å². The molecule has 0 heterocycles. The summed E-state index contributed by atoms with van der Waals surface area (Å²) in [6.45, 7) is 15.7. The van der Waals surface area contributed by atoms with Gasteiger partial charge in [0.25, 0.3) is 0 Å². The van der Waals surface area contributed by atoms with E-state index in [0.29, 0.717) is 5.71 Å². The summed E-state index contributed by atoms with van der Waals surface area (Å²) in [4.78, 5) is 0. The van der Waals surface area contributed by atoms with Crippen LogP contribution in [0.3, 0.4) is 0 Å². The van der Waals surface area contributed by atoms with Gasteiger partial charge in [-0.3, -0.25) is 0 Å². The minimum atomic E-state index is 0.545. The molecule has 0 spiro atoms. The van der Waals surface area contributed by atoms with E-state index in [0.717, 1.165) is 27.8 Å². The highest BCUT2D eigenvalue weighted by atomic mass is 14.4. The van der Waals surface area contributed by atoms with Gasteiger partial charge in [0.2, 0.25) is 0 Å². The summed E-state index contributed by atoms with van der Waals surface area (Å²) >= 11 is 0. The molecule has 124 valence electrons. The molecule has 0 unspecified atom stereocenters.